The molecule has 0 aliphatic carbocycles. The normalized spacial score (nSPS) is 12.0. The summed E-state index contributed by atoms with van der Waals surface area (Å²) in [7, 11) is 0. The van der Waals surface area contributed by atoms with E-state index in [0.717, 1.165) is 57.8 Å². The zero-order valence-electron chi connectivity index (χ0n) is 27.2. The SMILES string of the molecule is CCCCC/C=C\C/C=C\C/C=C\C/C=C\CCCC(=O)O.CCCCC/C=C\C/C=C\CCCCCCCC(=O)O. The van der Waals surface area contributed by atoms with E-state index in [4.69, 9.17) is 10.2 Å². The minimum Gasteiger partial charge on any atom is -0.481 e. The molecule has 0 bridgehead atoms. The number of carboxylic acid groups (broad SMARTS) is 2. The Bertz CT molecular complexity index is 755. The molecule has 42 heavy (non-hydrogen) atoms. The van der Waals surface area contributed by atoms with E-state index in [1.807, 2.05) is 0 Å². The Labute approximate surface area is 259 Å². The molecule has 0 unspecified atom stereocenters. The summed E-state index contributed by atoms with van der Waals surface area (Å²) in [6, 6.07) is 0. The average molecular weight is 585 g/mol. The van der Waals surface area contributed by atoms with Gasteiger partial charge in [0.15, 0.2) is 0 Å². The lowest BCUT2D eigenvalue weighted by Crippen LogP contribution is -1.93. The van der Waals surface area contributed by atoms with Crippen LogP contribution in [0.3, 0.4) is 0 Å². The van der Waals surface area contributed by atoms with Crippen LogP contribution in [0.15, 0.2) is 72.9 Å². The maximum Gasteiger partial charge on any atom is 0.303 e. The number of allylic oxidation sites excluding steroid dienone is 12. The second-order valence-corrected chi connectivity index (χ2v) is 10.7. The van der Waals surface area contributed by atoms with Crippen molar-refractivity contribution in [2.75, 3.05) is 0 Å². The van der Waals surface area contributed by atoms with Crippen LogP contribution in [-0.4, -0.2) is 22.2 Å². The van der Waals surface area contributed by atoms with Crippen LogP contribution in [0.25, 0.3) is 0 Å². The third-order valence-corrected chi connectivity index (χ3v) is 6.56. The molecule has 0 aromatic carbocycles. The Hall–Kier alpha value is -2.62. The van der Waals surface area contributed by atoms with Crippen molar-refractivity contribution in [3.63, 3.8) is 0 Å². The van der Waals surface area contributed by atoms with Gasteiger partial charge >= 0.3 is 11.9 Å². The molecule has 0 heterocycles. The highest BCUT2D eigenvalue weighted by molar-refractivity contribution is 5.66. The molecule has 0 aromatic heterocycles. The molecular formula is C38H64O4. The Morgan fingerprint density at radius 2 is 0.667 bits per heavy atom. The van der Waals surface area contributed by atoms with Crippen molar-refractivity contribution in [1.29, 1.82) is 0 Å². The first-order valence-corrected chi connectivity index (χ1v) is 16.9. The summed E-state index contributed by atoms with van der Waals surface area (Å²) >= 11 is 0. The molecule has 0 spiro atoms. The molecule has 0 saturated carbocycles. The fourth-order valence-corrected chi connectivity index (χ4v) is 4.02. The van der Waals surface area contributed by atoms with Crippen LogP contribution in [0, 0.1) is 0 Å². The van der Waals surface area contributed by atoms with Crippen LogP contribution in [0.5, 0.6) is 0 Å². The molecule has 4 heteroatoms. The molecule has 0 saturated heterocycles. The predicted molar refractivity (Wildman–Crippen MR) is 183 cm³/mol. The summed E-state index contributed by atoms with van der Waals surface area (Å²) < 4.78 is 0. The molecule has 0 atom stereocenters. The maximum absolute atomic E-state index is 10.3. The highest BCUT2D eigenvalue weighted by Gasteiger charge is 1.96. The van der Waals surface area contributed by atoms with Crippen molar-refractivity contribution in [1.82, 2.24) is 0 Å². The second-order valence-electron chi connectivity index (χ2n) is 10.7. The molecule has 0 fully saturated rings. The molecule has 4 nitrogen and oxygen atoms in total. The fraction of sp³-hybridized carbons (Fsp3) is 0.632. The van der Waals surface area contributed by atoms with Gasteiger partial charge in [0, 0.05) is 12.8 Å². The van der Waals surface area contributed by atoms with Gasteiger partial charge in [0.2, 0.25) is 0 Å². The topological polar surface area (TPSA) is 74.6 Å². The first-order chi connectivity index (χ1) is 20.5. The lowest BCUT2D eigenvalue weighted by atomic mass is 10.1. The van der Waals surface area contributed by atoms with Crippen molar-refractivity contribution in [2.24, 2.45) is 0 Å². The van der Waals surface area contributed by atoms with E-state index >= 15 is 0 Å². The maximum atomic E-state index is 10.3. The Kier molecular flexibility index (Phi) is 37.9. The molecule has 2 N–H and O–H groups in total. The molecule has 240 valence electrons. The summed E-state index contributed by atoms with van der Waals surface area (Å²) in [5.41, 5.74) is 0. The number of carbonyl (C=O) groups is 2. The summed E-state index contributed by atoms with van der Waals surface area (Å²) in [6.45, 7) is 4.47. The zero-order chi connectivity index (χ0) is 31.2. The monoisotopic (exact) mass is 584 g/mol. The Balaban J connectivity index is 0. The molecule has 0 aliphatic heterocycles. The standard InChI is InChI=1S/C20H32O2.C18H32O2/c1-2-3-4-5-6-7-8-9-10-11-12-13-14-15-16-17-18-19-20(21)22;1-2-3-4-5-6-7-8-9-10-11-12-13-14-15-16-17-18(19)20/h6-7,9-10,12-13,15-16H,2-5,8,11,14,17-19H2,1H3,(H,21,22);6-7,9-10H,2-5,8,11-17H2,1H3,(H,19,20)/b7-6-,10-9-,13-12-,16-15-;7-6-,10-9-. The summed E-state index contributed by atoms with van der Waals surface area (Å²) in [5, 5.41) is 17.0. The number of unbranched alkanes of at least 4 members (excludes halogenated alkanes) is 12. The van der Waals surface area contributed by atoms with Gasteiger partial charge in [-0.1, -0.05) is 132 Å². The van der Waals surface area contributed by atoms with Gasteiger partial charge < -0.3 is 10.2 Å². The zero-order valence-corrected chi connectivity index (χ0v) is 27.2. The molecule has 0 aliphatic rings. The van der Waals surface area contributed by atoms with Crippen molar-refractivity contribution in [3.8, 4) is 0 Å². The van der Waals surface area contributed by atoms with E-state index in [2.05, 4.69) is 86.8 Å². The summed E-state index contributed by atoms with van der Waals surface area (Å²) in [6.07, 6.45) is 49.6. The molecule has 0 radical (unpaired) electrons. The highest BCUT2D eigenvalue weighted by atomic mass is 16.4. The van der Waals surface area contributed by atoms with Gasteiger partial charge in [0.1, 0.15) is 0 Å². The van der Waals surface area contributed by atoms with E-state index in [1.54, 1.807) is 0 Å². The molecular weight excluding hydrogens is 520 g/mol. The number of carboxylic acids is 2. The van der Waals surface area contributed by atoms with Crippen LogP contribution in [0.1, 0.15) is 155 Å². The van der Waals surface area contributed by atoms with Gasteiger partial charge in [-0.15, -0.1) is 0 Å². The van der Waals surface area contributed by atoms with Crippen LogP contribution >= 0.6 is 0 Å². The van der Waals surface area contributed by atoms with Crippen LogP contribution in [0.4, 0.5) is 0 Å². The smallest absolute Gasteiger partial charge is 0.303 e. The first kappa shape index (κ1) is 41.5. The molecule has 0 aromatic rings. The number of hydrogen-bond acceptors (Lipinski definition) is 2. The van der Waals surface area contributed by atoms with Crippen LogP contribution in [0.2, 0.25) is 0 Å². The van der Waals surface area contributed by atoms with Gasteiger partial charge in [-0.2, -0.15) is 0 Å². The number of aliphatic carboxylic acids is 2. The minimum absolute atomic E-state index is 0.262. The van der Waals surface area contributed by atoms with Crippen molar-refractivity contribution < 1.29 is 19.8 Å². The Morgan fingerprint density at radius 1 is 0.381 bits per heavy atom. The van der Waals surface area contributed by atoms with E-state index in [1.165, 1.54) is 70.6 Å². The quantitative estimate of drug-likeness (QED) is 0.0708. The highest BCUT2D eigenvalue weighted by Crippen LogP contribution is 2.08. The van der Waals surface area contributed by atoms with Gasteiger partial charge in [-0.25, -0.2) is 0 Å². The fourth-order valence-electron chi connectivity index (χ4n) is 4.02. The third-order valence-electron chi connectivity index (χ3n) is 6.56. The van der Waals surface area contributed by atoms with E-state index in [-0.39, 0.29) is 6.42 Å². The first-order valence-electron chi connectivity index (χ1n) is 16.9. The van der Waals surface area contributed by atoms with Gasteiger partial charge in [-0.3, -0.25) is 9.59 Å². The molecule has 0 rings (SSSR count). The van der Waals surface area contributed by atoms with E-state index in [0.29, 0.717) is 6.42 Å². The predicted octanol–water partition coefficient (Wildman–Crippen LogP) is 12.1. The summed E-state index contributed by atoms with van der Waals surface area (Å²) in [4.78, 5) is 20.6. The molecule has 0 amide bonds. The second kappa shape index (κ2) is 38.4. The minimum atomic E-state index is -0.712. The van der Waals surface area contributed by atoms with Gasteiger partial charge in [0.25, 0.3) is 0 Å². The van der Waals surface area contributed by atoms with Crippen LogP contribution in [-0.2, 0) is 9.59 Å². The number of hydrogen-bond donors (Lipinski definition) is 2. The van der Waals surface area contributed by atoms with E-state index < -0.39 is 11.9 Å². The van der Waals surface area contributed by atoms with Crippen molar-refractivity contribution in [2.45, 2.75) is 155 Å². The van der Waals surface area contributed by atoms with Gasteiger partial charge in [-0.05, 0) is 83.5 Å². The van der Waals surface area contributed by atoms with Crippen molar-refractivity contribution in [3.05, 3.63) is 72.9 Å². The van der Waals surface area contributed by atoms with Crippen LogP contribution < -0.4 is 0 Å². The largest absolute Gasteiger partial charge is 0.481 e. The lowest BCUT2D eigenvalue weighted by Gasteiger charge is -1.98. The average Bonchev–Trinajstić information content (AvgIpc) is 2.97. The van der Waals surface area contributed by atoms with Crippen molar-refractivity contribution >= 4 is 11.9 Å². The number of rotatable bonds is 28. The lowest BCUT2D eigenvalue weighted by molar-refractivity contribution is -0.138. The third kappa shape index (κ3) is 44.4. The van der Waals surface area contributed by atoms with Gasteiger partial charge in [0.05, 0.1) is 0 Å². The summed E-state index contributed by atoms with van der Waals surface area (Å²) in [5.74, 6) is -1.38. The Morgan fingerprint density at radius 3 is 1.05 bits per heavy atom. The van der Waals surface area contributed by atoms with E-state index in [9.17, 15) is 9.59 Å².